The zero-order chi connectivity index (χ0) is 25.6. The van der Waals surface area contributed by atoms with Crippen molar-refractivity contribution in [3.8, 4) is 17.0 Å². The first kappa shape index (κ1) is 23.9. The minimum absolute atomic E-state index is 0.0553. The van der Waals surface area contributed by atoms with Crippen LogP contribution in [0.1, 0.15) is 28.5 Å². The highest BCUT2D eigenvalue weighted by molar-refractivity contribution is 7.91. The monoisotopic (exact) mass is 512 g/mol. The van der Waals surface area contributed by atoms with E-state index >= 15 is 0 Å². The second-order valence-corrected chi connectivity index (χ2v) is 10.9. The largest absolute Gasteiger partial charge is 0.497 e. The van der Waals surface area contributed by atoms with Crippen LogP contribution in [0, 0.1) is 18.6 Å². The maximum absolute atomic E-state index is 13.7. The van der Waals surface area contributed by atoms with E-state index in [1.165, 1.54) is 6.07 Å². The summed E-state index contributed by atoms with van der Waals surface area (Å²) >= 11 is 0. The van der Waals surface area contributed by atoms with Crippen LogP contribution in [0.15, 0.2) is 48.5 Å². The molecule has 0 spiro atoms. The van der Waals surface area contributed by atoms with E-state index in [1.807, 2.05) is 0 Å². The Morgan fingerprint density at radius 2 is 1.86 bits per heavy atom. The third-order valence-corrected chi connectivity index (χ3v) is 7.95. The van der Waals surface area contributed by atoms with E-state index in [-0.39, 0.29) is 22.8 Å². The summed E-state index contributed by atoms with van der Waals surface area (Å²) in [7, 11) is -1.64. The van der Waals surface area contributed by atoms with Crippen molar-refractivity contribution in [3.05, 3.63) is 71.4 Å². The Balaban J connectivity index is 1.66. The summed E-state index contributed by atoms with van der Waals surface area (Å²) in [5.74, 6) is -2.03. The van der Waals surface area contributed by atoms with Crippen LogP contribution in [0.5, 0.6) is 5.75 Å². The van der Waals surface area contributed by atoms with Gasteiger partial charge in [-0.2, -0.15) is 5.10 Å². The zero-order valence-electron chi connectivity index (χ0n) is 19.5. The van der Waals surface area contributed by atoms with Crippen LogP contribution in [0.4, 0.5) is 14.5 Å². The molecule has 0 radical (unpaired) electrons. The Morgan fingerprint density at radius 1 is 1.11 bits per heavy atom. The molecule has 11 heteroatoms. The molecule has 186 valence electrons. The van der Waals surface area contributed by atoms with Gasteiger partial charge in [0.05, 0.1) is 47.0 Å². The average molecular weight is 513 g/mol. The lowest BCUT2D eigenvalue weighted by molar-refractivity contribution is 0.102. The SMILES string of the molecule is COc1ccc(-c2cc(C(=O)Nc3ccc(F)c(F)c3)c3c(C)nn(C4CCS(=O)(=O)C4)c3n2)cc1. The van der Waals surface area contributed by atoms with Gasteiger partial charge in [-0.05, 0) is 55.8 Å². The van der Waals surface area contributed by atoms with Crippen molar-refractivity contribution in [1.82, 2.24) is 14.8 Å². The molecule has 4 aromatic rings. The van der Waals surface area contributed by atoms with Gasteiger partial charge in [-0.1, -0.05) is 0 Å². The number of pyridine rings is 1. The number of amides is 1. The molecule has 1 aliphatic heterocycles. The van der Waals surface area contributed by atoms with Crippen molar-refractivity contribution < 1.29 is 26.7 Å². The lowest BCUT2D eigenvalue weighted by atomic mass is 10.0. The molecule has 1 amide bonds. The number of sulfone groups is 1. The van der Waals surface area contributed by atoms with Gasteiger partial charge >= 0.3 is 0 Å². The molecule has 1 atom stereocenters. The van der Waals surface area contributed by atoms with Crippen molar-refractivity contribution in [2.45, 2.75) is 19.4 Å². The Hall–Kier alpha value is -3.86. The molecule has 3 heterocycles. The predicted octanol–water partition coefficient (Wildman–Crippen LogP) is 4.31. The number of anilines is 1. The standard InChI is InChI=1S/C25H22F2N4O4S/c1-14-23-19(25(32)28-16-5-8-20(26)21(27)11-16)12-22(15-3-6-18(35-2)7-4-15)29-24(23)31(30-14)17-9-10-36(33,34)13-17/h3-8,11-12,17H,9-10,13H2,1-2H3,(H,28,32). The number of halogens is 2. The molecule has 8 nitrogen and oxygen atoms in total. The van der Waals surface area contributed by atoms with Gasteiger partial charge in [-0.25, -0.2) is 26.9 Å². The van der Waals surface area contributed by atoms with E-state index in [9.17, 15) is 22.0 Å². The zero-order valence-corrected chi connectivity index (χ0v) is 20.3. The van der Waals surface area contributed by atoms with Crippen LogP contribution in [-0.2, 0) is 9.84 Å². The van der Waals surface area contributed by atoms with Gasteiger partial charge in [0.25, 0.3) is 5.91 Å². The molecule has 2 aromatic heterocycles. The van der Waals surface area contributed by atoms with E-state index < -0.39 is 33.4 Å². The molecule has 0 bridgehead atoms. The average Bonchev–Trinajstić information content (AvgIpc) is 3.39. The normalized spacial score (nSPS) is 16.8. The number of ether oxygens (including phenoxy) is 1. The van der Waals surface area contributed by atoms with E-state index in [1.54, 1.807) is 49.0 Å². The molecule has 0 aliphatic carbocycles. The summed E-state index contributed by atoms with van der Waals surface area (Å²) in [6, 6.07) is 11.4. The van der Waals surface area contributed by atoms with Crippen LogP contribution in [0.2, 0.25) is 0 Å². The van der Waals surface area contributed by atoms with E-state index in [0.29, 0.717) is 40.2 Å². The lowest BCUT2D eigenvalue weighted by Crippen LogP contribution is -2.15. The Bertz CT molecular complexity index is 1600. The molecule has 36 heavy (non-hydrogen) atoms. The Labute approximate surface area is 205 Å². The number of fused-ring (bicyclic) bond motifs is 1. The van der Waals surface area contributed by atoms with E-state index in [2.05, 4.69) is 10.4 Å². The van der Waals surface area contributed by atoms with Crippen molar-refractivity contribution in [1.29, 1.82) is 0 Å². The van der Waals surface area contributed by atoms with Crippen LogP contribution < -0.4 is 10.1 Å². The third-order valence-electron chi connectivity index (χ3n) is 6.20. The van der Waals surface area contributed by atoms with Crippen LogP contribution in [0.3, 0.4) is 0 Å². The second kappa shape index (κ2) is 8.98. The minimum atomic E-state index is -3.20. The highest BCUT2D eigenvalue weighted by Crippen LogP contribution is 2.33. The molecule has 0 saturated carbocycles. The van der Waals surface area contributed by atoms with Crippen molar-refractivity contribution in [2.24, 2.45) is 0 Å². The number of aryl methyl sites for hydroxylation is 1. The number of carbonyl (C=O) groups is 1. The summed E-state index contributed by atoms with van der Waals surface area (Å²) in [5, 5.41) is 7.62. The van der Waals surface area contributed by atoms with Crippen LogP contribution in [0.25, 0.3) is 22.3 Å². The molecular weight excluding hydrogens is 490 g/mol. The molecule has 1 saturated heterocycles. The summed E-state index contributed by atoms with van der Waals surface area (Å²) in [5.41, 5.74) is 2.34. The molecule has 1 unspecified atom stereocenters. The van der Waals surface area contributed by atoms with Gasteiger partial charge in [-0.3, -0.25) is 4.79 Å². The summed E-state index contributed by atoms with van der Waals surface area (Å²) in [6.07, 6.45) is 0.392. The first-order valence-electron chi connectivity index (χ1n) is 11.2. The molecule has 1 fully saturated rings. The van der Waals surface area contributed by atoms with Crippen molar-refractivity contribution in [2.75, 3.05) is 23.9 Å². The number of benzene rings is 2. The molecule has 1 aliphatic rings. The van der Waals surface area contributed by atoms with Gasteiger partial charge < -0.3 is 10.1 Å². The number of hydrogen-bond acceptors (Lipinski definition) is 6. The number of nitrogens with zero attached hydrogens (tertiary/aromatic N) is 3. The lowest BCUT2D eigenvalue weighted by Gasteiger charge is -2.13. The maximum Gasteiger partial charge on any atom is 0.256 e. The highest BCUT2D eigenvalue weighted by Gasteiger charge is 2.32. The maximum atomic E-state index is 13.7. The minimum Gasteiger partial charge on any atom is -0.497 e. The number of nitrogens with one attached hydrogen (secondary N) is 1. The van der Waals surface area contributed by atoms with E-state index in [4.69, 9.17) is 9.72 Å². The first-order chi connectivity index (χ1) is 17.1. The van der Waals surface area contributed by atoms with Gasteiger partial charge in [0.15, 0.2) is 27.1 Å². The number of methoxy groups -OCH3 is 1. The topological polar surface area (TPSA) is 103 Å². The van der Waals surface area contributed by atoms with Gasteiger partial charge in [0.1, 0.15) is 5.75 Å². The molecule has 1 N–H and O–H groups in total. The van der Waals surface area contributed by atoms with Gasteiger partial charge in [-0.15, -0.1) is 0 Å². The fourth-order valence-electron chi connectivity index (χ4n) is 4.40. The van der Waals surface area contributed by atoms with Crippen molar-refractivity contribution in [3.63, 3.8) is 0 Å². The number of carbonyl (C=O) groups excluding carboxylic acids is 1. The predicted molar refractivity (Wildman–Crippen MR) is 131 cm³/mol. The van der Waals surface area contributed by atoms with E-state index in [0.717, 1.165) is 12.1 Å². The highest BCUT2D eigenvalue weighted by atomic mass is 32.2. The fourth-order valence-corrected chi connectivity index (χ4v) is 6.09. The third kappa shape index (κ3) is 4.41. The van der Waals surface area contributed by atoms with Crippen LogP contribution >= 0.6 is 0 Å². The second-order valence-electron chi connectivity index (χ2n) is 8.65. The first-order valence-corrected chi connectivity index (χ1v) is 13.0. The van der Waals surface area contributed by atoms with Gasteiger partial charge in [0, 0.05) is 17.3 Å². The molecule has 2 aromatic carbocycles. The van der Waals surface area contributed by atoms with Gasteiger partial charge in [0.2, 0.25) is 0 Å². The summed E-state index contributed by atoms with van der Waals surface area (Å²) in [4.78, 5) is 18.2. The molecular formula is C25H22F2N4O4S. The number of aromatic nitrogens is 3. The Kier molecular flexibility index (Phi) is 5.95. The number of rotatable bonds is 5. The Morgan fingerprint density at radius 3 is 2.50 bits per heavy atom. The number of hydrogen-bond donors (Lipinski definition) is 1. The summed E-state index contributed by atoms with van der Waals surface area (Å²) in [6.45, 7) is 1.71. The smallest absolute Gasteiger partial charge is 0.256 e. The fraction of sp³-hybridized carbons (Fsp3) is 0.240. The van der Waals surface area contributed by atoms with Crippen LogP contribution in [-0.4, -0.2) is 47.7 Å². The molecule has 5 rings (SSSR count). The quantitative estimate of drug-likeness (QED) is 0.428. The van der Waals surface area contributed by atoms with Crippen molar-refractivity contribution >= 4 is 32.5 Å². The summed E-state index contributed by atoms with van der Waals surface area (Å²) < 4.78 is 58.2.